The van der Waals surface area contributed by atoms with E-state index in [0.29, 0.717) is 17.0 Å². The summed E-state index contributed by atoms with van der Waals surface area (Å²) in [4.78, 5) is 41.7. The zero-order chi connectivity index (χ0) is 28.9. The maximum atomic E-state index is 13.9. The second kappa shape index (κ2) is 12.7. The van der Waals surface area contributed by atoms with Gasteiger partial charge in [-0.25, -0.2) is 12.7 Å². The van der Waals surface area contributed by atoms with Crippen LogP contribution in [0.5, 0.6) is 0 Å². The molecule has 0 unspecified atom stereocenters. The first-order valence-corrected chi connectivity index (χ1v) is 15.0. The van der Waals surface area contributed by atoms with Crippen molar-refractivity contribution in [2.75, 3.05) is 6.54 Å². The predicted molar refractivity (Wildman–Crippen MR) is 153 cm³/mol. The summed E-state index contributed by atoms with van der Waals surface area (Å²) in [5.41, 5.74) is 1.58. The van der Waals surface area contributed by atoms with E-state index in [1.165, 1.54) is 17.0 Å². The van der Waals surface area contributed by atoms with Crippen molar-refractivity contribution in [3.63, 3.8) is 0 Å². The zero-order valence-electron chi connectivity index (χ0n) is 22.4. The molecule has 2 atom stereocenters. The van der Waals surface area contributed by atoms with E-state index in [1.807, 2.05) is 44.2 Å². The Morgan fingerprint density at radius 1 is 0.975 bits per heavy atom. The highest BCUT2D eigenvalue weighted by Crippen LogP contribution is 2.30. The van der Waals surface area contributed by atoms with Crippen LogP contribution in [0.3, 0.4) is 0 Å². The number of halogens is 1. The van der Waals surface area contributed by atoms with Gasteiger partial charge in [-0.2, -0.15) is 0 Å². The Labute approximate surface area is 240 Å². The van der Waals surface area contributed by atoms with E-state index < -0.39 is 27.9 Å². The molecule has 3 aromatic carbocycles. The van der Waals surface area contributed by atoms with Gasteiger partial charge in [-0.3, -0.25) is 14.4 Å². The van der Waals surface area contributed by atoms with Crippen LogP contribution < -0.4 is 5.32 Å². The number of hydrogen-bond donors (Lipinski definition) is 1. The number of amides is 3. The fourth-order valence-corrected chi connectivity index (χ4v) is 6.36. The molecule has 210 valence electrons. The van der Waals surface area contributed by atoms with E-state index >= 15 is 0 Å². The van der Waals surface area contributed by atoms with Gasteiger partial charge in [-0.05, 0) is 42.7 Å². The first-order valence-electron chi connectivity index (χ1n) is 13.2. The van der Waals surface area contributed by atoms with Gasteiger partial charge < -0.3 is 10.2 Å². The first-order chi connectivity index (χ1) is 19.1. The van der Waals surface area contributed by atoms with Crippen molar-refractivity contribution in [3.05, 3.63) is 101 Å². The summed E-state index contributed by atoms with van der Waals surface area (Å²) in [6.07, 6.45) is 0.648. The predicted octanol–water partition coefficient (Wildman–Crippen LogP) is 4.43. The first kappa shape index (κ1) is 29.3. The normalized spacial score (nSPS) is 15.3. The van der Waals surface area contributed by atoms with Gasteiger partial charge in [-0.1, -0.05) is 79.2 Å². The average Bonchev–Trinajstić information content (AvgIpc) is 3.15. The van der Waals surface area contributed by atoms with Gasteiger partial charge in [0.2, 0.25) is 11.8 Å². The molecule has 1 heterocycles. The summed E-state index contributed by atoms with van der Waals surface area (Å²) < 4.78 is 26.8. The minimum atomic E-state index is -4.07. The van der Waals surface area contributed by atoms with Gasteiger partial charge in [-0.15, -0.1) is 0 Å². The molecule has 3 aromatic rings. The summed E-state index contributed by atoms with van der Waals surface area (Å²) in [6.45, 7) is 3.53. The molecule has 1 N–H and O–H groups in total. The minimum absolute atomic E-state index is 0.0326. The lowest BCUT2D eigenvalue weighted by Crippen LogP contribution is -2.52. The van der Waals surface area contributed by atoms with Crippen molar-refractivity contribution >= 4 is 39.3 Å². The molecule has 10 heteroatoms. The molecule has 0 saturated heterocycles. The number of fused-ring (bicyclic) bond motifs is 1. The van der Waals surface area contributed by atoms with E-state index in [2.05, 4.69) is 5.32 Å². The van der Waals surface area contributed by atoms with Gasteiger partial charge in [0.05, 0.1) is 5.56 Å². The summed E-state index contributed by atoms with van der Waals surface area (Å²) in [5.74, 6) is -1.47. The lowest BCUT2D eigenvalue weighted by atomic mass is 10.0. The quantitative estimate of drug-likeness (QED) is 0.361. The third-order valence-corrected chi connectivity index (χ3v) is 9.22. The second-order valence-electron chi connectivity index (χ2n) is 9.76. The van der Waals surface area contributed by atoms with Crippen LogP contribution in [0.15, 0.2) is 83.8 Å². The van der Waals surface area contributed by atoms with Gasteiger partial charge in [0.1, 0.15) is 10.9 Å². The molecule has 8 nitrogen and oxygen atoms in total. The molecule has 1 aliphatic heterocycles. The highest BCUT2D eigenvalue weighted by atomic mass is 35.5. The van der Waals surface area contributed by atoms with Crippen LogP contribution >= 0.6 is 11.6 Å². The summed E-state index contributed by atoms with van der Waals surface area (Å²) in [5, 5.41) is 3.43. The van der Waals surface area contributed by atoms with Crippen LogP contribution in [0.25, 0.3) is 0 Å². The molecular formula is C30H32ClN3O5S. The SMILES string of the molecule is CC[C@H](C)NC(=O)[C@@H](Cc1ccccc1)N(Cc1ccccc1Cl)C(=O)CCN1C(=O)c2ccccc2S1(=O)=O. The molecule has 0 radical (unpaired) electrons. The number of carbonyl (C=O) groups excluding carboxylic acids is 3. The van der Waals surface area contributed by atoms with Crippen molar-refractivity contribution in [3.8, 4) is 0 Å². The molecule has 0 aromatic heterocycles. The molecule has 0 bridgehead atoms. The van der Waals surface area contributed by atoms with Crippen LogP contribution in [0.1, 0.15) is 48.2 Å². The Morgan fingerprint density at radius 2 is 1.62 bits per heavy atom. The third kappa shape index (κ3) is 6.37. The number of rotatable bonds is 11. The van der Waals surface area contributed by atoms with Crippen LogP contribution in [-0.4, -0.2) is 54.0 Å². The summed E-state index contributed by atoms with van der Waals surface area (Å²) >= 11 is 6.44. The summed E-state index contributed by atoms with van der Waals surface area (Å²) in [7, 11) is -4.07. The van der Waals surface area contributed by atoms with E-state index in [1.54, 1.807) is 36.4 Å². The zero-order valence-corrected chi connectivity index (χ0v) is 24.0. The van der Waals surface area contributed by atoms with Crippen LogP contribution in [-0.2, 0) is 32.6 Å². The summed E-state index contributed by atoms with van der Waals surface area (Å²) in [6, 6.07) is 21.4. The minimum Gasteiger partial charge on any atom is -0.352 e. The molecule has 40 heavy (non-hydrogen) atoms. The molecule has 0 saturated carbocycles. The van der Waals surface area contributed by atoms with Crippen molar-refractivity contribution < 1.29 is 22.8 Å². The van der Waals surface area contributed by atoms with Gasteiger partial charge in [0, 0.05) is 37.0 Å². The van der Waals surface area contributed by atoms with E-state index in [4.69, 9.17) is 11.6 Å². The van der Waals surface area contributed by atoms with Crippen molar-refractivity contribution in [2.45, 2.75) is 56.6 Å². The molecule has 0 fully saturated rings. The Hall–Kier alpha value is -3.69. The average molecular weight is 582 g/mol. The largest absolute Gasteiger partial charge is 0.352 e. The lowest BCUT2D eigenvalue weighted by molar-refractivity contribution is -0.141. The van der Waals surface area contributed by atoms with Crippen molar-refractivity contribution in [1.82, 2.24) is 14.5 Å². The van der Waals surface area contributed by atoms with E-state index in [0.717, 1.165) is 9.87 Å². The number of sulfonamides is 1. The van der Waals surface area contributed by atoms with Gasteiger partial charge in [0.15, 0.2) is 0 Å². The highest BCUT2D eigenvalue weighted by molar-refractivity contribution is 7.90. The maximum absolute atomic E-state index is 13.9. The van der Waals surface area contributed by atoms with E-state index in [9.17, 15) is 22.8 Å². The fraction of sp³-hybridized carbons (Fsp3) is 0.300. The number of carbonyl (C=O) groups is 3. The molecule has 1 aliphatic rings. The third-order valence-electron chi connectivity index (χ3n) is 7.01. The van der Waals surface area contributed by atoms with Gasteiger partial charge >= 0.3 is 0 Å². The van der Waals surface area contributed by atoms with E-state index in [-0.39, 0.29) is 48.3 Å². The Balaban J connectivity index is 1.65. The lowest BCUT2D eigenvalue weighted by Gasteiger charge is -2.33. The fourth-order valence-electron chi connectivity index (χ4n) is 4.60. The Bertz CT molecular complexity index is 1500. The van der Waals surface area contributed by atoms with Crippen LogP contribution in [0.4, 0.5) is 0 Å². The Kier molecular flexibility index (Phi) is 9.27. The topological polar surface area (TPSA) is 104 Å². The smallest absolute Gasteiger partial charge is 0.269 e. The van der Waals surface area contributed by atoms with Crippen molar-refractivity contribution in [2.24, 2.45) is 0 Å². The highest BCUT2D eigenvalue weighted by Gasteiger charge is 2.41. The number of nitrogens with zero attached hydrogens (tertiary/aromatic N) is 2. The molecule has 0 spiro atoms. The molecule has 3 amide bonds. The standard InChI is InChI=1S/C30H32ClN3O5S/c1-3-21(2)32-29(36)26(19-22-11-5-4-6-12-22)33(20-23-13-7-9-15-25(23)31)28(35)17-18-34-30(37)24-14-8-10-16-27(24)40(34,38)39/h4-16,21,26H,3,17-20H2,1-2H3,(H,32,36)/t21-,26+/m0/s1. The van der Waals surface area contributed by atoms with Crippen molar-refractivity contribution in [1.29, 1.82) is 0 Å². The molecule has 0 aliphatic carbocycles. The Morgan fingerprint density at radius 3 is 2.30 bits per heavy atom. The number of nitrogens with one attached hydrogen (secondary N) is 1. The van der Waals surface area contributed by atoms with Crippen LogP contribution in [0, 0.1) is 0 Å². The monoisotopic (exact) mass is 581 g/mol. The molecule has 4 rings (SSSR count). The van der Waals surface area contributed by atoms with Gasteiger partial charge in [0.25, 0.3) is 15.9 Å². The maximum Gasteiger partial charge on any atom is 0.269 e. The number of hydrogen-bond acceptors (Lipinski definition) is 5. The second-order valence-corrected chi connectivity index (χ2v) is 12.0. The van der Waals surface area contributed by atoms with Crippen LogP contribution in [0.2, 0.25) is 5.02 Å². The number of benzene rings is 3. The molecular weight excluding hydrogens is 550 g/mol.